The van der Waals surface area contributed by atoms with Gasteiger partial charge in [0.05, 0.1) is 0 Å². The first-order valence-electron chi connectivity index (χ1n) is 5.13. The number of rotatable bonds is 5. The molecule has 0 spiro atoms. The molecular weight excluding hydrogens is 158 g/mol. The van der Waals surface area contributed by atoms with Gasteiger partial charge in [0.1, 0.15) is 0 Å². The SMILES string of the molecule is C=CCC(C)(N)C(C)(C)CC(C)C. The van der Waals surface area contributed by atoms with E-state index in [2.05, 4.69) is 41.2 Å². The normalized spacial score (nSPS) is 17.2. The lowest BCUT2D eigenvalue weighted by atomic mass is 9.68. The van der Waals surface area contributed by atoms with Crippen LogP contribution in [0.5, 0.6) is 0 Å². The second-order valence-corrected chi connectivity index (χ2v) is 5.39. The minimum Gasteiger partial charge on any atom is -0.325 e. The summed E-state index contributed by atoms with van der Waals surface area (Å²) in [4.78, 5) is 0. The van der Waals surface area contributed by atoms with Crippen LogP contribution < -0.4 is 5.73 Å². The Kier molecular flexibility index (Phi) is 4.18. The quantitative estimate of drug-likeness (QED) is 0.650. The Balaban J connectivity index is 4.48. The van der Waals surface area contributed by atoms with Crippen LogP contribution in [-0.4, -0.2) is 5.54 Å². The lowest BCUT2D eigenvalue weighted by Crippen LogP contribution is -2.50. The molecule has 0 bridgehead atoms. The Morgan fingerprint density at radius 1 is 1.31 bits per heavy atom. The van der Waals surface area contributed by atoms with Crippen molar-refractivity contribution < 1.29 is 0 Å². The van der Waals surface area contributed by atoms with Gasteiger partial charge in [-0.1, -0.05) is 33.8 Å². The highest BCUT2D eigenvalue weighted by Crippen LogP contribution is 2.37. The maximum atomic E-state index is 6.28. The zero-order valence-corrected chi connectivity index (χ0v) is 9.85. The third-order valence-corrected chi connectivity index (χ3v) is 3.03. The van der Waals surface area contributed by atoms with E-state index in [1.165, 1.54) is 0 Å². The summed E-state index contributed by atoms with van der Waals surface area (Å²) in [5, 5.41) is 0. The fraction of sp³-hybridized carbons (Fsp3) is 0.833. The summed E-state index contributed by atoms with van der Waals surface area (Å²) in [6, 6.07) is 0. The van der Waals surface area contributed by atoms with E-state index in [0.717, 1.165) is 12.8 Å². The molecular formula is C12H25N. The standard InChI is InChI=1S/C12H25N/c1-7-8-12(6,13)11(4,5)9-10(2)3/h7,10H,1,8-9,13H2,2-6H3. The largest absolute Gasteiger partial charge is 0.325 e. The molecule has 0 aliphatic carbocycles. The highest BCUT2D eigenvalue weighted by atomic mass is 14.8. The van der Waals surface area contributed by atoms with Crippen LogP contribution in [0.3, 0.4) is 0 Å². The molecule has 13 heavy (non-hydrogen) atoms. The van der Waals surface area contributed by atoms with Gasteiger partial charge in [-0.2, -0.15) is 0 Å². The molecule has 0 aromatic heterocycles. The fourth-order valence-electron chi connectivity index (χ4n) is 1.83. The first-order chi connectivity index (χ1) is 5.73. The van der Waals surface area contributed by atoms with E-state index in [4.69, 9.17) is 5.73 Å². The molecule has 0 saturated heterocycles. The Morgan fingerprint density at radius 3 is 2.08 bits per heavy atom. The maximum absolute atomic E-state index is 6.28. The van der Waals surface area contributed by atoms with E-state index >= 15 is 0 Å². The van der Waals surface area contributed by atoms with Gasteiger partial charge >= 0.3 is 0 Å². The second kappa shape index (κ2) is 4.28. The first-order valence-corrected chi connectivity index (χ1v) is 5.13. The van der Waals surface area contributed by atoms with Crippen molar-refractivity contribution in [2.24, 2.45) is 17.1 Å². The molecule has 1 unspecified atom stereocenters. The van der Waals surface area contributed by atoms with Gasteiger partial charge in [0.15, 0.2) is 0 Å². The smallest absolute Gasteiger partial charge is 0.0212 e. The highest BCUT2D eigenvalue weighted by Gasteiger charge is 2.36. The molecule has 0 rings (SSSR count). The van der Waals surface area contributed by atoms with Crippen LogP contribution in [0.4, 0.5) is 0 Å². The number of hydrogen-bond donors (Lipinski definition) is 1. The Labute approximate surface area is 83.4 Å². The fourth-order valence-corrected chi connectivity index (χ4v) is 1.83. The van der Waals surface area contributed by atoms with E-state index in [1.54, 1.807) is 0 Å². The molecule has 1 heteroatoms. The minimum atomic E-state index is -0.140. The average molecular weight is 183 g/mol. The monoisotopic (exact) mass is 183 g/mol. The average Bonchev–Trinajstić information content (AvgIpc) is 1.82. The van der Waals surface area contributed by atoms with Crippen LogP contribution >= 0.6 is 0 Å². The van der Waals surface area contributed by atoms with Crippen molar-refractivity contribution in [3.8, 4) is 0 Å². The maximum Gasteiger partial charge on any atom is 0.0212 e. The summed E-state index contributed by atoms with van der Waals surface area (Å²) in [5.74, 6) is 0.697. The van der Waals surface area contributed by atoms with Gasteiger partial charge in [-0.25, -0.2) is 0 Å². The van der Waals surface area contributed by atoms with E-state index in [-0.39, 0.29) is 11.0 Å². The molecule has 0 aliphatic rings. The Morgan fingerprint density at radius 2 is 1.77 bits per heavy atom. The van der Waals surface area contributed by atoms with Crippen molar-refractivity contribution in [3.63, 3.8) is 0 Å². The summed E-state index contributed by atoms with van der Waals surface area (Å²) < 4.78 is 0. The molecule has 0 radical (unpaired) electrons. The van der Waals surface area contributed by atoms with Gasteiger partial charge < -0.3 is 5.73 Å². The molecule has 0 heterocycles. The van der Waals surface area contributed by atoms with Gasteiger partial charge in [0, 0.05) is 5.54 Å². The summed E-state index contributed by atoms with van der Waals surface area (Å²) in [5.41, 5.74) is 6.32. The predicted molar refractivity (Wildman–Crippen MR) is 60.6 cm³/mol. The van der Waals surface area contributed by atoms with Crippen LogP contribution in [0.15, 0.2) is 12.7 Å². The van der Waals surface area contributed by atoms with E-state index in [1.807, 2.05) is 6.08 Å². The Bertz CT molecular complexity index is 166. The molecule has 0 amide bonds. The third kappa shape index (κ3) is 3.51. The van der Waals surface area contributed by atoms with Crippen LogP contribution in [-0.2, 0) is 0 Å². The van der Waals surface area contributed by atoms with Crippen molar-refractivity contribution in [2.45, 2.75) is 53.0 Å². The zero-order chi connectivity index (χ0) is 10.7. The van der Waals surface area contributed by atoms with Gasteiger partial charge in [-0.3, -0.25) is 0 Å². The lowest BCUT2D eigenvalue weighted by molar-refractivity contribution is 0.148. The van der Waals surface area contributed by atoms with E-state index < -0.39 is 0 Å². The second-order valence-electron chi connectivity index (χ2n) is 5.39. The molecule has 0 aromatic rings. The summed E-state index contributed by atoms with van der Waals surface area (Å²) in [6.07, 6.45) is 3.96. The molecule has 2 N–H and O–H groups in total. The summed E-state index contributed by atoms with van der Waals surface area (Å²) in [7, 11) is 0. The summed E-state index contributed by atoms with van der Waals surface area (Å²) >= 11 is 0. The van der Waals surface area contributed by atoms with Gasteiger partial charge in [0.2, 0.25) is 0 Å². The molecule has 1 atom stereocenters. The lowest BCUT2D eigenvalue weighted by Gasteiger charge is -2.42. The number of hydrogen-bond acceptors (Lipinski definition) is 1. The van der Waals surface area contributed by atoms with Crippen LogP contribution in [0.2, 0.25) is 0 Å². The van der Waals surface area contributed by atoms with Crippen LogP contribution in [0.1, 0.15) is 47.5 Å². The minimum absolute atomic E-state index is 0.140. The van der Waals surface area contributed by atoms with E-state index in [9.17, 15) is 0 Å². The molecule has 78 valence electrons. The van der Waals surface area contributed by atoms with Crippen LogP contribution in [0.25, 0.3) is 0 Å². The van der Waals surface area contributed by atoms with Gasteiger partial charge in [-0.05, 0) is 31.1 Å². The Hall–Kier alpha value is -0.300. The van der Waals surface area contributed by atoms with Crippen LogP contribution in [0, 0.1) is 11.3 Å². The predicted octanol–water partition coefficient (Wildman–Crippen LogP) is 3.35. The van der Waals surface area contributed by atoms with E-state index in [0.29, 0.717) is 5.92 Å². The van der Waals surface area contributed by atoms with Crippen molar-refractivity contribution in [1.82, 2.24) is 0 Å². The molecule has 0 saturated carbocycles. The molecule has 0 aromatic carbocycles. The highest BCUT2D eigenvalue weighted by molar-refractivity contribution is 4.98. The molecule has 0 fully saturated rings. The van der Waals surface area contributed by atoms with Gasteiger partial charge in [0.25, 0.3) is 0 Å². The van der Waals surface area contributed by atoms with Crippen molar-refractivity contribution >= 4 is 0 Å². The van der Waals surface area contributed by atoms with Crippen molar-refractivity contribution in [3.05, 3.63) is 12.7 Å². The third-order valence-electron chi connectivity index (χ3n) is 3.03. The van der Waals surface area contributed by atoms with Gasteiger partial charge in [-0.15, -0.1) is 6.58 Å². The first kappa shape index (κ1) is 12.7. The zero-order valence-electron chi connectivity index (χ0n) is 9.85. The summed E-state index contributed by atoms with van der Waals surface area (Å²) in [6.45, 7) is 14.9. The van der Waals surface area contributed by atoms with Crippen molar-refractivity contribution in [1.29, 1.82) is 0 Å². The topological polar surface area (TPSA) is 26.0 Å². The molecule has 0 aliphatic heterocycles. The number of nitrogens with two attached hydrogens (primary N) is 1. The van der Waals surface area contributed by atoms with Crippen molar-refractivity contribution in [2.75, 3.05) is 0 Å². The molecule has 1 nitrogen and oxygen atoms in total.